The van der Waals surface area contributed by atoms with E-state index >= 15 is 0 Å². The molecule has 2 aromatic carbocycles. The Bertz CT molecular complexity index is 1230. The first kappa shape index (κ1) is 20.1. The summed E-state index contributed by atoms with van der Waals surface area (Å²) in [5.41, 5.74) is 0.216. The highest BCUT2D eigenvalue weighted by Crippen LogP contribution is 2.69. The number of fused-ring (bicyclic) bond motifs is 1. The average molecular weight is 430 g/mol. The maximum Gasteiger partial charge on any atom is 0.339 e. The molecule has 6 nitrogen and oxygen atoms in total. The lowest BCUT2D eigenvalue weighted by atomic mass is 9.47. The third kappa shape index (κ3) is 2.94. The van der Waals surface area contributed by atoms with Crippen molar-refractivity contribution in [1.82, 2.24) is 0 Å². The summed E-state index contributed by atoms with van der Waals surface area (Å²) in [6, 6.07) is 22.4. The van der Waals surface area contributed by atoms with E-state index in [1.54, 1.807) is 13.2 Å². The van der Waals surface area contributed by atoms with Crippen LogP contribution < -0.4 is 10.4 Å². The Morgan fingerprint density at radius 3 is 2.19 bits per heavy atom. The van der Waals surface area contributed by atoms with E-state index in [1.807, 2.05) is 60.7 Å². The number of carbonyl (C=O) groups is 1. The molecule has 2 aliphatic rings. The minimum absolute atomic E-state index is 0.161. The summed E-state index contributed by atoms with van der Waals surface area (Å²) in [6.07, 6.45) is 1.40. The summed E-state index contributed by atoms with van der Waals surface area (Å²) in [5.74, 6) is -0.0950. The zero-order chi connectivity index (χ0) is 22.3. The van der Waals surface area contributed by atoms with Crippen LogP contribution in [0, 0.1) is 5.92 Å². The normalized spacial score (nSPS) is 26.2. The van der Waals surface area contributed by atoms with Gasteiger partial charge in [0.05, 0.1) is 38.2 Å². The minimum atomic E-state index is -1.10. The van der Waals surface area contributed by atoms with Crippen LogP contribution in [-0.2, 0) is 19.9 Å². The molecule has 0 radical (unpaired) electrons. The monoisotopic (exact) mass is 430 g/mol. The minimum Gasteiger partial charge on any atom is -0.500 e. The van der Waals surface area contributed by atoms with Gasteiger partial charge in [-0.05, 0) is 11.1 Å². The smallest absolute Gasteiger partial charge is 0.339 e. The SMILES string of the molecule is COC1=CC(=O)O[C@]2(c3ccccc3)[C@H]1[C@H](c1ccccc1)[C@H]2c1cc(OC)cc(=O)o1. The number of hydrogen-bond donors (Lipinski definition) is 0. The predicted octanol–water partition coefficient (Wildman–Crippen LogP) is 4.13. The van der Waals surface area contributed by atoms with Crippen molar-refractivity contribution in [3.63, 3.8) is 0 Å². The molecule has 1 saturated carbocycles. The number of benzene rings is 2. The maximum atomic E-state index is 12.7. The van der Waals surface area contributed by atoms with Gasteiger partial charge in [0.2, 0.25) is 0 Å². The molecule has 0 amide bonds. The van der Waals surface area contributed by atoms with E-state index in [0.717, 1.165) is 11.1 Å². The van der Waals surface area contributed by atoms with Crippen LogP contribution in [0.3, 0.4) is 0 Å². The molecule has 3 aromatic rings. The van der Waals surface area contributed by atoms with Crippen molar-refractivity contribution in [2.45, 2.75) is 17.4 Å². The molecule has 0 spiro atoms. The van der Waals surface area contributed by atoms with Gasteiger partial charge in [-0.15, -0.1) is 0 Å². The number of methoxy groups -OCH3 is 2. The van der Waals surface area contributed by atoms with Crippen LogP contribution in [0.5, 0.6) is 5.75 Å². The second kappa shape index (κ2) is 7.71. The molecule has 32 heavy (non-hydrogen) atoms. The van der Waals surface area contributed by atoms with Crippen molar-refractivity contribution in [2.75, 3.05) is 14.2 Å². The Kier molecular flexibility index (Phi) is 4.85. The molecule has 5 rings (SSSR count). The molecule has 1 aliphatic carbocycles. The first-order valence-electron chi connectivity index (χ1n) is 10.4. The lowest BCUT2D eigenvalue weighted by molar-refractivity contribution is -0.203. The average Bonchev–Trinajstić information content (AvgIpc) is 2.81. The molecule has 2 heterocycles. The molecular weight excluding hydrogens is 408 g/mol. The number of carbonyl (C=O) groups excluding carboxylic acids is 1. The van der Waals surface area contributed by atoms with Gasteiger partial charge in [0.1, 0.15) is 17.3 Å². The zero-order valence-corrected chi connectivity index (χ0v) is 17.7. The second-order valence-electron chi connectivity index (χ2n) is 7.94. The number of rotatable bonds is 5. The fourth-order valence-electron chi connectivity index (χ4n) is 5.21. The van der Waals surface area contributed by atoms with Crippen molar-refractivity contribution in [1.29, 1.82) is 0 Å². The standard InChI is InChI=1S/C26H22O6/c1-29-18-13-20(31-21(27)14-18)25-23(16-9-5-3-6-10-16)24-19(30-2)15-22(28)32-26(24,25)17-11-7-4-8-12-17/h3-15,23-25H,1-2H3/t23-,24+,25+,26+/m0/s1. The molecule has 6 heteroatoms. The summed E-state index contributed by atoms with van der Waals surface area (Å²) < 4.78 is 22.8. The molecule has 1 fully saturated rings. The predicted molar refractivity (Wildman–Crippen MR) is 116 cm³/mol. The van der Waals surface area contributed by atoms with E-state index in [4.69, 9.17) is 18.6 Å². The van der Waals surface area contributed by atoms with Crippen LogP contribution in [0.1, 0.15) is 28.7 Å². The summed E-state index contributed by atoms with van der Waals surface area (Å²) in [4.78, 5) is 25.1. The molecule has 0 saturated heterocycles. The van der Waals surface area contributed by atoms with Gasteiger partial charge in [0.25, 0.3) is 0 Å². The van der Waals surface area contributed by atoms with Gasteiger partial charge in [0.15, 0.2) is 5.60 Å². The Labute approximate surface area is 185 Å². The molecule has 1 aromatic heterocycles. The molecule has 0 bridgehead atoms. The molecular formula is C26H22O6. The third-order valence-corrected chi connectivity index (χ3v) is 6.43. The third-order valence-electron chi connectivity index (χ3n) is 6.43. The topological polar surface area (TPSA) is 75.0 Å². The van der Waals surface area contributed by atoms with Crippen molar-refractivity contribution >= 4 is 5.97 Å². The Balaban J connectivity index is 1.79. The largest absolute Gasteiger partial charge is 0.500 e. The van der Waals surface area contributed by atoms with E-state index in [-0.39, 0.29) is 11.8 Å². The number of ether oxygens (including phenoxy) is 3. The highest BCUT2D eigenvalue weighted by molar-refractivity contribution is 5.85. The maximum absolute atomic E-state index is 12.7. The number of hydrogen-bond acceptors (Lipinski definition) is 6. The van der Waals surface area contributed by atoms with Crippen LogP contribution in [0.15, 0.2) is 93.8 Å². The first-order valence-corrected chi connectivity index (χ1v) is 10.4. The van der Waals surface area contributed by atoms with Crippen LogP contribution in [-0.4, -0.2) is 20.2 Å². The molecule has 162 valence electrons. The van der Waals surface area contributed by atoms with Crippen molar-refractivity contribution in [3.8, 4) is 5.75 Å². The van der Waals surface area contributed by atoms with Crippen LogP contribution in [0.2, 0.25) is 0 Å². The van der Waals surface area contributed by atoms with Crippen LogP contribution in [0.25, 0.3) is 0 Å². The molecule has 0 N–H and O–H groups in total. The van der Waals surface area contributed by atoms with E-state index in [9.17, 15) is 9.59 Å². The van der Waals surface area contributed by atoms with Gasteiger partial charge < -0.3 is 18.6 Å². The van der Waals surface area contributed by atoms with E-state index < -0.39 is 23.1 Å². The molecule has 0 unspecified atom stereocenters. The number of esters is 1. The zero-order valence-electron chi connectivity index (χ0n) is 17.7. The van der Waals surface area contributed by atoms with Gasteiger partial charge in [-0.2, -0.15) is 0 Å². The van der Waals surface area contributed by atoms with Gasteiger partial charge in [-0.3, -0.25) is 0 Å². The fourth-order valence-corrected chi connectivity index (χ4v) is 5.21. The summed E-state index contributed by atoms with van der Waals surface area (Å²) in [5, 5.41) is 0. The lowest BCUT2D eigenvalue weighted by Gasteiger charge is -2.61. The van der Waals surface area contributed by atoms with E-state index in [0.29, 0.717) is 17.3 Å². The second-order valence-corrected chi connectivity index (χ2v) is 7.94. The molecule has 1 aliphatic heterocycles. The van der Waals surface area contributed by atoms with Crippen LogP contribution in [0.4, 0.5) is 0 Å². The van der Waals surface area contributed by atoms with Gasteiger partial charge >= 0.3 is 11.6 Å². The highest BCUT2D eigenvalue weighted by atomic mass is 16.6. The molecule has 4 atom stereocenters. The van der Waals surface area contributed by atoms with E-state index in [2.05, 4.69) is 0 Å². The summed E-state index contributed by atoms with van der Waals surface area (Å²) in [6.45, 7) is 0. The van der Waals surface area contributed by atoms with E-state index in [1.165, 1.54) is 19.3 Å². The highest BCUT2D eigenvalue weighted by Gasteiger charge is 2.70. The Morgan fingerprint density at radius 2 is 1.53 bits per heavy atom. The van der Waals surface area contributed by atoms with Crippen molar-refractivity contribution in [2.24, 2.45) is 5.92 Å². The summed E-state index contributed by atoms with van der Waals surface area (Å²) >= 11 is 0. The first-order chi connectivity index (χ1) is 15.6. The van der Waals surface area contributed by atoms with Gasteiger partial charge in [-0.25, -0.2) is 9.59 Å². The van der Waals surface area contributed by atoms with Gasteiger partial charge in [0, 0.05) is 12.0 Å². The van der Waals surface area contributed by atoms with Crippen molar-refractivity contribution < 1.29 is 23.4 Å². The Hall–Kier alpha value is -3.80. The van der Waals surface area contributed by atoms with Gasteiger partial charge in [-0.1, -0.05) is 60.7 Å². The van der Waals surface area contributed by atoms with Crippen LogP contribution >= 0.6 is 0 Å². The summed E-state index contributed by atoms with van der Waals surface area (Å²) in [7, 11) is 3.05. The van der Waals surface area contributed by atoms with Crippen molar-refractivity contribution in [3.05, 3.63) is 112 Å². The Morgan fingerprint density at radius 1 is 0.844 bits per heavy atom. The fraction of sp³-hybridized carbons (Fsp3) is 0.231. The quantitative estimate of drug-likeness (QED) is 0.567. The lowest BCUT2D eigenvalue weighted by Crippen LogP contribution is -2.61.